The zero-order chi connectivity index (χ0) is 34.7. The predicted octanol–water partition coefficient (Wildman–Crippen LogP) is 4.91. The van der Waals surface area contributed by atoms with E-state index in [0.717, 1.165) is 28.8 Å². The van der Waals surface area contributed by atoms with Crippen LogP contribution in [-0.2, 0) is 22.6 Å². The van der Waals surface area contributed by atoms with Gasteiger partial charge in [0.2, 0.25) is 11.8 Å². The molecule has 12 heteroatoms. The molecule has 48 heavy (non-hydrogen) atoms. The minimum Gasteiger partial charge on any atom is -0.486 e. The van der Waals surface area contributed by atoms with Gasteiger partial charge in [0.1, 0.15) is 29.1 Å². The molecule has 3 heterocycles. The average molecular weight is 684 g/mol. The van der Waals surface area contributed by atoms with E-state index in [9.17, 15) is 22.8 Å². The van der Waals surface area contributed by atoms with Crippen LogP contribution in [0.4, 0.5) is 13.2 Å². The fourth-order valence-electron chi connectivity index (χ4n) is 6.45. The summed E-state index contributed by atoms with van der Waals surface area (Å²) in [7, 11) is 0. The minimum atomic E-state index is -1.27. The molecule has 3 saturated heterocycles. The lowest BCUT2D eigenvalue weighted by Crippen LogP contribution is -2.63. The molecule has 4 atom stereocenters. The second kappa shape index (κ2) is 15.1. The SMILES string of the molecule is C=CC(Oc1ccc(CN2CC(=C)N3CCN(C(=C)C4SCCN4C(=O)CC(N)Cc4cc(F)c(F)cc4F)CC3C2=O)cc1)C(C)C. The molecular formula is C36H44F3N5O3S. The van der Waals surface area contributed by atoms with E-state index in [2.05, 4.69) is 43.4 Å². The molecule has 0 spiro atoms. The van der Waals surface area contributed by atoms with E-state index in [1.54, 1.807) is 22.7 Å². The van der Waals surface area contributed by atoms with Gasteiger partial charge in [0.05, 0.1) is 6.54 Å². The molecule has 4 unspecified atom stereocenters. The summed E-state index contributed by atoms with van der Waals surface area (Å²) >= 11 is 1.59. The van der Waals surface area contributed by atoms with Crippen LogP contribution in [0.15, 0.2) is 73.6 Å². The first-order valence-electron chi connectivity index (χ1n) is 16.2. The number of carbonyl (C=O) groups excluding carboxylic acids is 2. The van der Waals surface area contributed by atoms with Crippen molar-refractivity contribution in [3.8, 4) is 5.75 Å². The third kappa shape index (κ3) is 7.86. The summed E-state index contributed by atoms with van der Waals surface area (Å²) in [6.07, 6.45) is 1.51. The van der Waals surface area contributed by atoms with E-state index in [1.165, 1.54) is 0 Å². The molecule has 0 radical (unpaired) electrons. The first-order valence-corrected chi connectivity index (χ1v) is 17.3. The summed E-state index contributed by atoms with van der Waals surface area (Å²) in [5, 5.41) is -0.341. The van der Waals surface area contributed by atoms with Gasteiger partial charge in [-0.1, -0.05) is 51.8 Å². The molecular weight excluding hydrogens is 639 g/mol. The zero-order valence-corrected chi connectivity index (χ0v) is 28.4. The fraction of sp³-hybridized carbons (Fsp3) is 0.444. The largest absolute Gasteiger partial charge is 0.486 e. The van der Waals surface area contributed by atoms with E-state index >= 15 is 0 Å². The van der Waals surface area contributed by atoms with Crippen molar-refractivity contribution in [1.82, 2.24) is 19.6 Å². The Morgan fingerprint density at radius 2 is 1.81 bits per heavy atom. The lowest BCUT2D eigenvalue weighted by Gasteiger charge is -2.50. The third-order valence-electron chi connectivity index (χ3n) is 9.13. The average Bonchev–Trinajstić information content (AvgIpc) is 3.55. The Kier molecular flexibility index (Phi) is 11.1. The van der Waals surface area contributed by atoms with Gasteiger partial charge in [0.25, 0.3) is 0 Å². The highest BCUT2D eigenvalue weighted by atomic mass is 32.2. The smallest absolute Gasteiger partial charge is 0.247 e. The van der Waals surface area contributed by atoms with Crippen LogP contribution in [-0.4, -0.2) is 93.5 Å². The maximum atomic E-state index is 14.2. The van der Waals surface area contributed by atoms with Gasteiger partial charge in [-0.3, -0.25) is 9.59 Å². The first-order chi connectivity index (χ1) is 22.9. The topological polar surface area (TPSA) is 82.3 Å². The van der Waals surface area contributed by atoms with Crippen molar-refractivity contribution < 1.29 is 27.5 Å². The normalized spacial score (nSPS) is 21.0. The Morgan fingerprint density at radius 3 is 2.50 bits per heavy atom. The summed E-state index contributed by atoms with van der Waals surface area (Å²) in [4.78, 5) is 34.9. The van der Waals surface area contributed by atoms with Crippen LogP contribution in [0.3, 0.4) is 0 Å². The van der Waals surface area contributed by atoms with E-state index in [0.29, 0.717) is 57.0 Å². The van der Waals surface area contributed by atoms with Gasteiger partial charge >= 0.3 is 0 Å². The van der Waals surface area contributed by atoms with Crippen LogP contribution in [0.25, 0.3) is 0 Å². The molecule has 0 bridgehead atoms. The number of carbonyl (C=O) groups is 2. The van der Waals surface area contributed by atoms with Gasteiger partial charge in [-0.2, -0.15) is 0 Å². The standard InChI is InChI=1S/C36H44F3N5O3S/c1-6-33(22(2)3)47-28-9-7-25(8-10-28)20-42-19-23(4)43-12-11-41(21-32(43)35(42)46)24(5)36-44(13-14-48-36)34(45)17-27(40)15-26-16-30(38)31(39)18-29(26)37/h6-10,16,18,22,27,32-33,36H,1,4-5,11-15,17,19-21,40H2,2-3H3. The summed E-state index contributed by atoms with van der Waals surface area (Å²) in [5.41, 5.74) is 8.69. The monoisotopic (exact) mass is 683 g/mol. The Hall–Kier alpha value is -3.90. The Labute approximate surface area is 285 Å². The van der Waals surface area contributed by atoms with Crippen LogP contribution in [0, 0.1) is 23.4 Å². The van der Waals surface area contributed by atoms with Crippen molar-refractivity contribution in [1.29, 1.82) is 0 Å². The molecule has 0 saturated carbocycles. The summed E-state index contributed by atoms with van der Waals surface area (Å²) in [6, 6.07) is 7.81. The number of halogens is 3. The van der Waals surface area contributed by atoms with Crippen molar-refractivity contribution in [2.75, 3.05) is 38.5 Å². The van der Waals surface area contributed by atoms with Crippen LogP contribution in [0.1, 0.15) is 31.4 Å². The van der Waals surface area contributed by atoms with Gasteiger partial charge in [-0.25, -0.2) is 13.2 Å². The number of benzene rings is 2. The maximum Gasteiger partial charge on any atom is 0.247 e. The van der Waals surface area contributed by atoms with E-state index in [4.69, 9.17) is 10.5 Å². The number of rotatable bonds is 12. The molecule has 0 aliphatic carbocycles. The molecule has 0 aromatic heterocycles. The van der Waals surface area contributed by atoms with Crippen molar-refractivity contribution >= 4 is 23.6 Å². The molecule has 2 aromatic rings. The molecule has 3 aliphatic heterocycles. The highest BCUT2D eigenvalue weighted by Crippen LogP contribution is 2.34. The number of nitrogens with zero attached hydrogens (tertiary/aromatic N) is 4. The van der Waals surface area contributed by atoms with Gasteiger partial charge in [0, 0.05) is 68.4 Å². The van der Waals surface area contributed by atoms with Gasteiger partial charge in [-0.05, 0) is 41.7 Å². The highest BCUT2D eigenvalue weighted by molar-refractivity contribution is 8.00. The Bertz CT molecular complexity index is 1550. The Morgan fingerprint density at radius 1 is 1.10 bits per heavy atom. The minimum absolute atomic E-state index is 0.00852. The van der Waals surface area contributed by atoms with E-state index in [-0.39, 0.29) is 41.7 Å². The van der Waals surface area contributed by atoms with Gasteiger partial charge < -0.3 is 30.1 Å². The highest BCUT2D eigenvalue weighted by Gasteiger charge is 2.42. The number of amides is 2. The number of ether oxygens (including phenoxy) is 1. The number of hydrogen-bond donors (Lipinski definition) is 1. The summed E-state index contributed by atoms with van der Waals surface area (Å²) in [5.74, 6) is -1.82. The summed E-state index contributed by atoms with van der Waals surface area (Å²) in [6.45, 7) is 19.6. The van der Waals surface area contributed by atoms with Crippen LogP contribution >= 0.6 is 11.8 Å². The van der Waals surface area contributed by atoms with Crippen molar-refractivity contribution in [3.05, 3.63) is 102 Å². The lowest BCUT2D eigenvalue weighted by atomic mass is 10.0. The van der Waals surface area contributed by atoms with Gasteiger partial charge in [0.15, 0.2) is 11.6 Å². The quantitative estimate of drug-likeness (QED) is 0.252. The van der Waals surface area contributed by atoms with E-state index < -0.39 is 29.5 Å². The summed E-state index contributed by atoms with van der Waals surface area (Å²) < 4.78 is 47.2. The zero-order valence-electron chi connectivity index (χ0n) is 27.5. The predicted molar refractivity (Wildman–Crippen MR) is 182 cm³/mol. The fourth-order valence-corrected chi connectivity index (χ4v) is 7.72. The number of thioether (sulfide) groups is 1. The molecule has 258 valence electrons. The van der Waals surface area contributed by atoms with Crippen LogP contribution in [0.5, 0.6) is 5.75 Å². The third-order valence-corrected chi connectivity index (χ3v) is 10.4. The molecule has 2 aromatic carbocycles. The molecule has 5 rings (SSSR count). The Balaban J connectivity index is 1.19. The first kappa shape index (κ1) is 35.4. The number of fused-ring (bicyclic) bond motifs is 1. The molecule has 3 aliphatic rings. The van der Waals surface area contributed by atoms with Crippen LogP contribution in [0.2, 0.25) is 0 Å². The number of nitrogens with two attached hydrogens (primary N) is 1. The maximum absolute atomic E-state index is 14.2. The number of hydrogen-bond acceptors (Lipinski definition) is 7. The van der Waals surface area contributed by atoms with Crippen LogP contribution < -0.4 is 10.5 Å². The molecule has 8 nitrogen and oxygen atoms in total. The van der Waals surface area contributed by atoms with Gasteiger partial charge in [-0.15, -0.1) is 11.8 Å². The molecule has 3 fully saturated rings. The number of piperazine rings is 2. The second-order valence-corrected chi connectivity index (χ2v) is 14.1. The molecule has 2 N–H and O–H groups in total. The van der Waals surface area contributed by atoms with Crippen molar-refractivity contribution in [3.63, 3.8) is 0 Å². The van der Waals surface area contributed by atoms with E-state index in [1.807, 2.05) is 29.2 Å². The second-order valence-electron chi connectivity index (χ2n) is 12.9. The van der Waals surface area contributed by atoms with Crippen molar-refractivity contribution in [2.45, 2.75) is 56.8 Å². The molecule has 2 amide bonds. The lowest BCUT2D eigenvalue weighted by molar-refractivity contribution is -0.142. The van der Waals surface area contributed by atoms with Crippen molar-refractivity contribution in [2.24, 2.45) is 11.7 Å².